The molecule has 0 aliphatic heterocycles. The first-order chi connectivity index (χ1) is 10.7. The SMILES string of the molecule is Cc1ccc2nc(SCc3nc4ccccn4c3Br)[nH]c2c1. The van der Waals surface area contributed by atoms with Crippen LogP contribution in [0.25, 0.3) is 16.7 Å². The first kappa shape index (κ1) is 13.8. The van der Waals surface area contributed by atoms with E-state index in [1.54, 1.807) is 11.8 Å². The van der Waals surface area contributed by atoms with Gasteiger partial charge >= 0.3 is 0 Å². The Kier molecular flexibility index (Phi) is 3.43. The number of hydrogen-bond acceptors (Lipinski definition) is 3. The molecule has 1 N–H and O–H groups in total. The number of benzene rings is 1. The van der Waals surface area contributed by atoms with Crippen molar-refractivity contribution in [2.75, 3.05) is 0 Å². The summed E-state index contributed by atoms with van der Waals surface area (Å²) in [7, 11) is 0. The lowest BCUT2D eigenvalue weighted by Gasteiger charge is -1.96. The molecule has 0 saturated heterocycles. The molecule has 0 unspecified atom stereocenters. The number of aromatic amines is 1. The third-order valence-electron chi connectivity index (χ3n) is 3.50. The predicted molar refractivity (Wildman–Crippen MR) is 93.3 cm³/mol. The molecule has 4 rings (SSSR count). The van der Waals surface area contributed by atoms with Gasteiger partial charge in [0.05, 0.1) is 16.7 Å². The van der Waals surface area contributed by atoms with Gasteiger partial charge in [-0.1, -0.05) is 23.9 Å². The van der Waals surface area contributed by atoms with Crippen molar-refractivity contribution in [2.45, 2.75) is 17.8 Å². The summed E-state index contributed by atoms with van der Waals surface area (Å²) in [6.45, 7) is 2.08. The monoisotopic (exact) mass is 372 g/mol. The van der Waals surface area contributed by atoms with Crippen LogP contribution in [0.3, 0.4) is 0 Å². The van der Waals surface area contributed by atoms with Crippen LogP contribution < -0.4 is 0 Å². The van der Waals surface area contributed by atoms with Crippen LogP contribution in [0.15, 0.2) is 52.4 Å². The van der Waals surface area contributed by atoms with Crippen LogP contribution in [0.4, 0.5) is 0 Å². The molecule has 0 fully saturated rings. The van der Waals surface area contributed by atoms with Crippen LogP contribution >= 0.6 is 27.7 Å². The van der Waals surface area contributed by atoms with E-state index in [0.717, 1.165) is 37.9 Å². The number of H-pyrrole nitrogens is 1. The first-order valence-corrected chi connectivity index (χ1v) is 8.69. The van der Waals surface area contributed by atoms with Gasteiger partial charge in [-0.25, -0.2) is 9.97 Å². The van der Waals surface area contributed by atoms with Crippen molar-refractivity contribution < 1.29 is 0 Å². The number of imidazole rings is 2. The van der Waals surface area contributed by atoms with Gasteiger partial charge < -0.3 is 4.98 Å². The molecule has 0 aliphatic rings. The van der Waals surface area contributed by atoms with Crippen LogP contribution in [0.2, 0.25) is 0 Å². The highest BCUT2D eigenvalue weighted by atomic mass is 79.9. The van der Waals surface area contributed by atoms with Crippen molar-refractivity contribution in [2.24, 2.45) is 0 Å². The number of pyridine rings is 1. The summed E-state index contributed by atoms with van der Waals surface area (Å²) in [6, 6.07) is 12.2. The second kappa shape index (κ2) is 5.44. The zero-order valence-corrected chi connectivity index (χ0v) is 14.3. The van der Waals surface area contributed by atoms with Crippen molar-refractivity contribution in [3.63, 3.8) is 0 Å². The number of rotatable bonds is 3. The molecule has 0 atom stereocenters. The molecule has 0 bridgehead atoms. The number of aromatic nitrogens is 4. The normalized spacial score (nSPS) is 11.5. The van der Waals surface area contributed by atoms with E-state index in [0.29, 0.717) is 0 Å². The first-order valence-electron chi connectivity index (χ1n) is 6.91. The highest BCUT2D eigenvalue weighted by molar-refractivity contribution is 9.10. The number of nitrogens with zero attached hydrogens (tertiary/aromatic N) is 3. The topological polar surface area (TPSA) is 46.0 Å². The molecule has 0 spiro atoms. The molecule has 0 radical (unpaired) electrons. The van der Waals surface area contributed by atoms with E-state index in [-0.39, 0.29) is 0 Å². The minimum atomic E-state index is 0.765. The molecule has 3 aromatic heterocycles. The van der Waals surface area contributed by atoms with Crippen molar-refractivity contribution >= 4 is 44.4 Å². The Morgan fingerprint density at radius 2 is 2.14 bits per heavy atom. The Morgan fingerprint density at radius 3 is 3.00 bits per heavy atom. The number of aryl methyl sites for hydroxylation is 1. The Hall–Kier alpha value is -1.79. The van der Waals surface area contributed by atoms with Crippen LogP contribution in [0, 0.1) is 6.92 Å². The molecule has 6 heteroatoms. The van der Waals surface area contributed by atoms with Crippen molar-refractivity contribution in [3.8, 4) is 0 Å². The van der Waals surface area contributed by atoms with Gasteiger partial charge in [0.2, 0.25) is 0 Å². The molecule has 0 saturated carbocycles. The summed E-state index contributed by atoms with van der Waals surface area (Å²) in [4.78, 5) is 12.6. The van der Waals surface area contributed by atoms with Crippen molar-refractivity contribution in [1.82, 2.24) is 19.4 Å². The van der Waals surface area contributed by atoms with E-state index >= 15 is 0 Å². The quantitative estimate of drug-likeness (QED) is 0.535. The third-order valence-corrected chi connectivity index (χ3v) is 5.22. The number of nitrogens with one attached hydrogen (secondary N) is 1. The second-order valence-electron chi connectivity index (χ2n) is 5.13. The molecule has 110 valence electrons. The summed E-state index contributed by atoms with van der Waals surface area (Å²) >= 11 is 5.29. The van der Waals surface area contributed by atoms with Gasteiger partial charge in [-0.15, -0.1) is 0 Å². The standard InChI is InChI=1S/C16H13BrN4S/c1-10-5-6-11-12(8-10)20-16(19-11)22-9-13-15(17)21-7-3-2-4-14(21)18-13/h2-8H,9H2,1H3,(H,19,20). The lowest BCUT2D eigenvalue weighted by molar-refractivity contribution is 1.07. The second-order valence-corrected chi connectivity index (χ2v) is 6.84. The third kappa shape index (κ3) is 2.42. The molecule has 0 amide bonds. The fourth-order valence-corrected chi connectivity index (χ4v) is 3.95. The van der Waals surface area contributed by atoms with Gasteiger partial charge in [-0.3, -0.25) is 4.40 Å². The largest absolute Gasteiger partial charge is 0.333 e. The molecule has 0 aliphatic carbocycles. The fraction of sp³-hybridized carbons (Fsp3) is 0.125. The molecule has 3 heterocycles. The molecule has 4 aromatic rings. The van der Waals surface area contributed by atoms with E-state index in [1.807, 2.05) is 34.9 Å². The van der Waals surface area contributed by atoms with E-state index < -0.39 is 0 Å². The Bertz CT molecular complexity index is 973. The number of fused-ring (bicyclic) bond motifs is 2. The molecule has 4 nitrogen and oxygen atoms in total. The summed E-state index contributed by atoms with van der Waals surface area (Å²) < 4.78 is 3.04. The predicted octanol–water partition coefficient (Wildman–Crippen LogP) is 4.57. The van der Waals surface area contributed by atoms with Gasteiger partial charge in [0, 0.05) is 11.9 Å². The Labute approximate surface area is 140 Å². The van der Waals surface area contributed by atoms with Crippen molar-refractivity contribution in [3.05, 3.63) is 58.5 Å². The lowest BCUT2D eigenvalue weighted by atomic mass is 10.2. The Balaban J connectivity index is 1.61. The highest BCUT2D eigenvalue weighted by Crippen LogP contribution is 2.27. The van der Waals surface area contributed by atoms with Gasteiger partial charge in [-0.05, 0) is 52.7 Å². The number of thioether (sulfide) groups is 1. The average molecular weight is 373 g/mol. The van der Waals surface area contributed by atoms with E-state index in [4.69, 9.17) is 0 Å². The Morgan fingerprint density at radius 1 is 1.23 bits per heavy atom. The maximum Gasteiger partial charge on any atom is 0.166 e. The van der Waals surface area contributed by atoms with E-state index in [9.17, 15) is 0 Å². The van der Waals surface area contributed by atoms with Crippen LogP contribution in [-0.2, 0) is 5.75 Å². The van der Waals surface area contributed by atoms with Gasteiger partial charge in [0.15, 0.2) is 5.16 Å². The zero-order chi connectivity index (χ0) is 15.1. The minimum Gasteiger partial charge on any atom is -0.333 e. The summed E-state index contributed by atoms with van der Waals surface area (Å²) in [5.41, 5.74) is 5.28. The molecular formula is C16H13BrN4S. The van der Waals surface area contributed by atoms with Gasteiger partial charge in [0.25, 0.3) is 0 Å². The highest BCUT2D eigenvalue weighted by Gasteiger charge is 2.11. The summed E-state index contributed by atoms with van der Waals surface area (Å²) in [5.74, 6) is 0.765. The lowest BCUT2D eigenvalue weighted by Crippen LogP contribution is -1.84. The average Bonchev–Trinajstić information content (AvgIpc) is 3.06. The molecule has 1 aromatic carbocycles. The smallest absolute Gasteiger partial charge is 0.166 e. The van der Waals surface area contributed by atoms with Crippen molar-refractivity contribution in [1.29, 1.82) is 0 Å². The molecular weight excluding hydrogens is 360 g/mol. The summed E-state index contributed by atoms with van der Waals surface area (Å²) in [5, 5.41) is 0.921. The fourth-order valence-electron chi connectivity index (χ4n) is 2.41. The van der Waals surface area contributed by atoms with Crippen LogP contribution in [0.1, 0.15) is 11.3 Å². The minimum absolute atomic E-state index is 0.765. The molecule has 22 heavy (non-hydrogen) atoms. The number of halogens is 1. The zero-order valence-electron chi connectivity index (χ0n) is 11.9. The van der Waals surface area contributed by atoms with E-state index in [2.05, 4.69) is 49.9 Å². The van der Waals surface area contributed by atoms with Gasteiger partial charge in [0.1, 0.15) is 10.3 Å². The maximum absolute atomic E-state index is 4.65. The summed E-state index contributed by atoms with van der Waals surface area (Å²) in [6.07, 6.45) is 2.00. The van der Waals surface area contributed by atoms with Gasteiger partial charge in [-0.2, -0.15) is 0 Å². The van der Waals surface area contributed by atoms with Crippen LogP contribution in [0.5, 0.6) is 0 Å². The van der Waals surface area contributed by atoms with Crippen LogP contribution in [-0.4, -0.2) is 19.4 Å². The van der Waals surface area contributed by atoms with E-state index in [1.165, 1.54) is 5.56 Å². The number of hydrogen-bond donors (Lipinski definition) is 1. The maximum atomic E-state index is 4.65.